The average molecular weight is 397 g/mol. The first-order valence-corrected chi connectivity index (χ1v) is 10.0. The number of Topliss-reactive ketones (excluding diaryl/α,β-unsaturated/α-hetero) is 1. The lowest BCUT2D eigenvalue weighted by molar-refractivity contribution is 0.1000. The van der Waals surface area contributed by atoms with Crippen molar-refractivity contribution >= 4 is 17.5 Å². The molecule has 0 spiro atoms. The Labute approximate surface area is 171 Å². The van der Waals surface area contributed by atoms with Crippen LogP contribution in [0.5, 0.6) is 0 Å². The number of hydrogen-bond acceptors (Lipinski definition) is 7. The number of aromatic nitrogens is 5. The van der Waals surface area contributed by atoms with Crippen LogP contribution in [-0.2, 0) is 6.42 Å². The van der Waals surface area contributed by atoms with E-state index in [9.17, 15) is 4.79 Å². The summed E-state index contributed by atoms with van der Waals surface area (Å²) in [6.07, 6.45) is 4.09. The van der Waals surface area contributed by atoms with Crippen molar-refractivity contribution in [3.63, 3.8) is 0 Å². The molecule has 1 aromatic carbocycles. The Bertz CT molecular complexity index is 1180. The number of hydrogen-bond donors (Lipinski definition) is 0. The van der Waals surface area contributed by atoms with Crippen molar-refractivity contribution in [1.82, 2.24) is 25.1 Å². The normalized spacial score (nSPS) is 15.3. The molecule has 0 fully saturated rings. The minimum Gasteiger partial charge on any atom is -0.293 e. The predicted octanol–water partition coefficient (Wildman–Crippen LogP) is 3.90. The van der Waals surface area contributed by atoms with Crippen molar-refractivity contribution in [3.8, 4) is 22.8 Å². The lowest BCUT2D eigenvalue weighted by Crippen LogP contribution is -2.12. The fourth-order valence-corrected chi connectivity index (χ4v) is 4.33. The number of pyridine rings is 2. The van der Waals surface area contributed by atoms with Crippen LogP contribution >= 0.6 is 11.8 Å². The van der Waals surface area contributed by atoms with Gasteiger partial charge in [-0.3, -0.25) is 14.8 Å². The second kappa shape index (κ2) is 7.52. The Balaban J connectivity index is 1.52. The van der Waals surface area contributed by atoms with Crippen LogP contribution in [0.3, 0.4) is 0 Å². The molecule has 0 saturated heterocycles. The van der Waals surface area contributed by atoms with E-state index in [1.807, 2.05) is 60.7 Å². The van der Waals surface area contributed by atoms with Gasteiger partial charge in [0.1, 0.15) is 11.4 Å². The number of thioether (sulfide) groups is 1. The number of carbonyl (C=O) groups is 1. The van der Waals surface area contributed by atoms with E-state index in [2.05, 4.69) is 20.2 Å². The molecule has 0 amide bonds. The quantitative estimate of drug-likeness (QED) is 0.517. The van der Waals surface area contributed by atoms with Gasteiger partial charge in [0.15, 0.2) is 5.78 Å². The van der Waals surface area contributed by atoms with E-state index >= 15 is 0 Å². The molecule has 0 bridgehead atoms. The molecule has 7 heteroatoms. The third-order valence-electron chi connectivity index (χ3n) is 4.71. The molecule has 140 valence electrons. The summed E-state index contributed by atoms with van der Waals surface area (Å²) >= 11 is 1.35. The van der Waals surface area contributed by atoms with Crippen molar-refractivity contribution in [2.75, 3.05) is 0 Å². The SMILES string of the molecule is O=C1c2ccccc2C[C@@H]1Sc1nnc(-c2ccccn2)c(-c2ccccn2)n1. The Morgan fingerprint density at radius 1 is 0.793 bits per heavy atom. The molecule has 1 aliphatic carbocycles. The molecule has 0 radical (unpaired) electrons. The Morgan fingerprint density at radius 3 is 2.17 bits per heavy atom. The molecule has 0 N–H and O–H groups in total. The van der Waals surface area contributed by atoms with Gasteiger partial charge in [0.2, 0.25) is 5.16 Å². The van der Waals surface area contributed by atoms with E-state index in [4.69, 9.17) is 4.98 Å². The molecule has 3 heterocycles. The Kier molecular flexibility index (Phi) is 4.57. The summed E-state index contributed by atoms with van der Waals surface area (Å²) in [7, 11) is 0. The molecule has 1 atom stereocenters. The van der Waals surface area contributed by atoms with E-state index < -0.39 is 0 Å². The van der Waals surface area contributed by atoms with Crippen LogP contribution in [0, 0.1) is 0 Å². The van der Waals surface area contributed by atoms with Gasteiger partial charge in [0.25, 0.3) is 0 Å². The lowest BCUT2D eigenvalue weighted by Gasteiger charge is -2.10. The van der Waals surface area contributed by atoms with Crippen molar-refractivity contribution in [3.05, 3.63) is 84.2 Å². The van der Waals surface area contributed by atoms with Crippen molar-refractivity contribution < 1.29 is 4.79 Å². The second-order valence-corrected chi connectivity index (χ2v) is 7.72. The summed E-state index contributed by atoms with van der Waals surface area (Å²) in [5.74, 6) is 0.113. The van der Waals surface area contributed by atoms with Gasteiger partial charge >= 0.3 is 0 Å². The van der Waals surface area contributed by atoms with Crippen LogP contribution in [-0.4, -0.2) is 36.2 Å². The summed E-state index contributed by atoms with van der Waals surface area (Å²) in [6, 6.07) is 18.9. The third kappa shape index (κ3) is 3.40. The monoisotopic (exact) mass is 397 g/mol. The molecule has 6 nitrogen and oxygen atoms in total. The maximum atomic E-state index is 12.7. The van der Waals surface area contributed by atoms with Crippen LogP contribution in [0.1, 0.15) is 15.9 Å². The minimum absolute atomic E-state index is 0.113. The smallest absolute Gasteiger partial charge is 0.210 e. The van der Waals surface area contributed by atoms with Crippen LogP contribution < -0.4 is 0 Å². The molecule has 1 aliphatic rings. The van der Waals surface area contributed by atoms with Crippen molar-refractivity contribution in [2.45, 2.75) is 16.8 Å². The molecule has 3 aromatic heterocycles. The Morgan fingerprint density at radius 2 is 1.48 bits per heavy atom. The number of carbonyl (C=O) groups excluding carboxylic acids is 1. The largest absolute Gasteiger partial charge is 0.293 e. The van der Waals surface area contributed by atoms with Crippen LogP contribution in [0.2, 0.25) is 0 Å². The molecule has 5 rings (SSSR count). The highest BCUT2D eigenvalue weighted by molar-refractivity contribution is 8.00. The molecular formula is C22H15N5OS. The fourth-order valence-electron chi connectivity index (χ4n) is 3.34. The average Bonchev–Trinajstić information content (AvgIpc) is 3.10. The number of benzene rings is 1. The number of nitrogens with zero attached hydrogens (tertiary/aromatic N) is 5. The molecule has 4 aromatic rings. The van der Waals surface area contributed by atoms with E-state index in [1.54, 1.807) is 12.4 Å². The van der Waals surface area contributed by atoms with E-state index in [-0.39, 0.29) is 11.0 Å². The first-order chi connectivity index (χ1) is 14.3. The van der Waals surface area contributed by atoms with Gasteiger partial charge < -0.3 is 0 Å². The summed E-state index contributed by atoms with van der Waals surface area (Å²) in [4.78, 5) is 26.2. The van der Waals surface area contributed by atoms with Gasteiger partial charge in [0.05, 0.1) is 16.6 Å². The highest BCUT2D eigenvalue weighted by Gasteiger charge is 2.32. The second-order valence-electron chi connectivity index (χ2n) is 6.55. The molecule has 29 heavy (non-hydrogen) atoms. The van der Waals surface area contributed by atoms with Crippen LogP contribution in [0.15, 0.2) is 78.2 Å². The maximum Gasteiger partial charge on any atom is 0.210 e. The first-order valence-electron chi connectivity index (χ1n) is 9.16. The summed E-state index contributed by atoms with van der Waals surface area (Å²) < 4.78 is 0. The number of rotatable bonds is 4. The third-order valence-corrected chi connectivity index (χ3v) is 5.76. The first kappa shape index (κ1) is 17.6. The van der Waals surface area contributed by atoms with E-state index in [0.717, 1.165) is 11.1 Å². The zero-order valence-electron chi connectivity index (χ0n) is 15.3. The number of fused-ring (bicyclic) bond motifs is 1. The lowest BCUT2D eigenvalue weighted by atomic mass is 10.1. The summed E-state index contributed by atoms with van der Waals surface area (Å²) in [5.41, 5.74) is 4.38. The van der Waals surface area contributed by atoms with Gasteiger partial charge in [0, 0.05) is 18.0 Å². The molecular weight excluding hydrogens is 382 g/mol. The van der Waals surface area contributed by atoms with E-state index in [0.29, 0.717) is 34.4 Å². The van der Waals surface area contributed by atoms with Crippen LogP contribution in [0.25, 0.3) is 22.8 Å². The topological polar surface area (TPSA) is 81.5 Å². The van der Waals surface area contributed by atoms with Gasteiger partial charge in [-0.1, -0.05) is 48.2 Å². The van der Waals surface area contributed by atoms with E-state index in [1.165, 1.54) is 11.8 Å². The van der Waals surface area contributed by atoms with Gasteiger partial charge in [-0.2, -0.15) is 0 Å². The van der Waals surface area contributed by atoms with Crippen molar-refractivity contribution in [2.24, 2.45) is 0 Å². The highest BCUT2D eigenvalue weighted by atomic mass is 32.2. The number of ketones is 1. The summed E-state index contributed by atoms with van der Waals surface area (Å²) in [5, 5.41) is 8.89. The maximum absolute atomic E-state index is 12.7. The molecule has 0 saturated carbocycles. The van der Waals surface area contributed by atoms with Gasteiger partial charge in [-0.05, 0) is 36.2 Å². The summed E-state index contributed by atoms with van der Waals surface area (Å²) in [6.45, 7) is 0. The van der Waals surface area contributed by atoms with Gasteiger partial charge in [-0.15, -0.1) is 10.2 Å². The minimum atomic E-state index is -0.244. The zero-order valence-corrected chi connectivity index (χ0v) is 16.1. The molecule has 0 unspecified atom stereocenters. The van der Waals surface area contributed by atoms with Gasteiger partial charge in [-0.25, -0.2) is 4.98 Å². The molecule has 0 aliphatic heterocycles. The fraction of sp³-hybridized carbons (Fsp3) is 0.0909. The van der Waals surface area contributed by atoms with Crippen LogP contribution in [0.4, 0.5) is 0 Å². The standard InChI is InChI=1S/C22H15N5OS/c28-21-15-8-2-1-7-14(15)13-18(21)29-22-25-19(16-9-3-5-11-23-16)20(26-27-22)17-10-4-6-12-24-17/h1-12,18H,13H2/t18-/m0/s1. The predicted molar refractivity (Wildman–Crippen MR) is 110 cm³/mol. The van der Waals surface area contributed by atoms with Crippen molar-refractivity contribution in [1.29, 1.82) is 0 Å². The Hall–Kier alpha value is -3.45. The highest BCUT2D eigenvalue weighted by Crippen LogP contribution is 2.34. The zero-order chi connectivity index (χ0) is 19.6.